The van der Waals surface area contributed by atoms with Gasteiger partial charge in [-0.25, -0.2) is 4.98 Å². The summed E-state index contributed by atoms with van der Waals surface area (Å²) in [5, 5.41) is 3.80. The molecule has 3 nitrogen and oxygen atoms in total. The van der Waals surface area contributed by atoms with Crippen LogP contribution in [-0.4, -0.2) is 22.1 Å². The van der Waals surface area contributed by atoms with Gasteiger partial charge in [-0.3, -0.25) is 0 Å². The van der Waals surface area contributed by atoms with E-state index in [9.17, 15) is 0 Å². The van der Waals surface area contributed by atoms with Gasteiger partial charge in [0.15, 0.2) is 0 Å². The van der Waals surface area contributed by atoms with Gasteiger partial charge in [-0.1, -0.05) is 19.8 Å². The molecule has 3 atom stereocenters. The molecule has 19 heavy (non-hydrogen) atoms. The van der Waals surface area contributed by atoms with E-state index in [1.165, 1.54) is 37.9 Å². The Kier molecular flexibility index (Phi) is 3.92. The second-order valence-corrected chi connectivity index (χ2v) is 6.41. The Bertz CT molecular complexity index is 400. The lowest BCUT2D eigenvalue weighted by atomic mass is 10.0. The van der Waals surface area contributed by atoms with Crippen molar-refractivity contribution in [1.82, 2.24) is 14.9 Å². The van der Waals surface area contributed by atoms with Crippen molar-refractivity contribution in [3.63, 3.8) is 0 Å². The maximum Gasteiger partial charge on any atom is 0.109 e. The van der Waals surface area contributed by atoms with Crippen LogP contribution in [0.3, 0.4) is 0 Å². The summed E-state index contributed by atoms with van der Waals surface area (Å²) in [6.45, 7) is 3.40. The van der Waals surface area contributed by atoms with Crippen molar-refractivity contribution in [2.75, 3.05) is 6.54 Å². The highest BCUT2D eigenvalue weighted by Gasteiger charge is 2.53. The van der Waals surface area contributed by atoms with Crippen LogP contribution in [0.25, 0.3) is 0 Å². The summed E-state index contributed by atoms with van der Waals surface area (Å²) in [5.41, 5.74) is 0. The molecule has 0 amide bonds. The number of imidazole rings is 1. The van der Waals surface area contributed by atoms with Crippen LogP contribution in [0.15, 0.2) is 12.4 Å². The fourth-order valence-corrected chi connectivity index (χ4v) is 4.11. The highest BCUT2D eigenvalue weighted by atomic mass is 15.0. The van der Waals surface area contributed by atoms with Crippen molar-refractivity contribution < 1.29 is 0 Å². The van der Waals surface area contributed by atoms with E-state index in [0.717, 1.165) is 30.7 Å². The zero-order chi connectivity index (χ0) is 13.2. The van der Waals surface area contributed by atoms with Crippen LogP contribution in [-0.2, 0) is 13.5 Å². The summed E-state index contributed by atoms with van der Waals surface area (Å²) in [5.74, 6) is 4.19. The van der Waals surface area contributed by atoms with Gasteiger partial charge in [-0.05, 0) is 43.6 Å². The molecule has 0 saturated heterocycles. The fourth-order valence-electron chi connectivity index (χ4n) is 4.11. The summed E-state index contributed by atoms with van der Waals surface area (Å²) in [6, 6.07) is 0.647. The first-order valence-electron chi connectivity index (χ1n) is 8.01. The minimum absolute atomic E-state index is 0.647. The normalized spacial score (nSPS) is 30.9. The first-order chi connectivity index (χ1) is 9.31. The minimum atomic E-state index is 0.647. The number of aryl methyl sites for hydroxylation is 1. The van der Waals surface area contributed by atoms with Crippen molar-refractivity contribution in [2.45, 2.75) is 51.5 Å². The van der Waals surface area contributed by atoms with E-state index in [1.807, 2.05) is 6.20 Å². The molecule has 1 heterocycles. The Labute approximate surface area is 116 Å². The first kappa shape index (κ1) is 13.2. The van der Waals surface area contributed by atoms with Crippen molar-refractivity contribution >= 4 is 0 Å². The molecule has 0 aliphatic heterocycles. The first-order valence-corrected chi connectivity index (χ1v) is 8.01. The molecular formula is C16H27N3. The highest BCUT2D eigenvalue weighted by molar-refractivity contribution is 5.07. The third kappa shape index (κ3) is 2.71. The average Bonchev–Trinajstić information content (AvgIpc) is 3.02. The molecule has 3 rings (SSSR count). The maximum absolute atomic E-state index is 4.51. The Hall–Kier alpha value is -0.830. The quantitative estimate of drug-likeness (QED) is 0.853. The van der Waals surface area contributed by atoms with Gasteiger partial charge in [-0.2, -0.15) is 0 Å². The van der Waals surface area contributed by atoms with Crippen LogP contribution >= 0.6 is 0 Å². The van der Waals surface area contributed by atoms with E-state index in [0.29, 0.717) is 6.04 Å². The van der Waals surface area contributed by atoms with E-state index in [-0.39, 0.29) is 0 Å². The van der Waals surface area contributed by atoms with Crippen LogP contribution in [0.1, 0.15) is 44.9 Å². The van der Waals surface area contributed by atoms with Gasteiger partial charge in [0, 0.05) is 31.9 Å². The number of hydrogen-bond donors (Lipinski definition) is 1. The molecule has 106 valence electrons. The van der Waals surface area contributed by atoms with Gasteiger partial charge in [-0.15, -0.1) is 0 Å². The summed E-state index contributed by atoms with van der Waals surface area (Å²) in [6.07, 6.45) is 12.2. The molecular weight excluding hydrogens is 234 g/mol. The summed E-state index contributed by atoms with van der Waals surface area (Å²) in [4.78, 5) is 4.51. The number of fused-ring (bicyclic) bond motifs is 1. The lowest BCUT2D eigenvalue weighted by molar-refractivity contribution is 0.417. The Morgan fingerprint density at radius 2 is 2.11 bits per heavy atom. The summed E-state index contributed by atoms with van der Waals surface area (Å²) in [7, 11) is 2.11. The van der Waals surface area contributed by atoms with Gasteiger partial charge in [0.2, 0.25) is 0 Å². The van der Waals surface area contributed by atoms with E-state index < -0.39 is 0 Å². The predicted molar refractivity (Wildman–Crippen MR) is 77.9 cm³/mol. The fraction of sp³-hybridized carbons (Fsp3) is 0.812. The minimum Gasteiger partial charge on any atom is -0.338 e. The van der Waals surface area contributed by atoms with Crippen LogP contribution in [0.2, 0.25) is 0 Å². The molecule has 2 fully saturated rings. The van der Waals surface area contributed by atoms with E-state index >= 15 is 0 Å². The highest BCUT2D eigenvalue weighted by Crippen LogP contribution is 2.57. The molecule has 1 aromatic heterocycles. The number of rotatable bonds is 6. The molecule has 0 aromatic carbocycles. The molecule has 3 unspecified atom stereocenters. The van der Waals surface area contributed by atoms with E-state index in [2.05, 4.69) is 35.0 Å². The van der Waals surface area contributed by atoms with Crippen molar-refractivity contribution in [3.8, 4) is 0 Å². The standard InChI is InChI=1S/C16H27N3/c1-3-8-17-14(11-15-18-9-10-19(15)2)16-12-6-4-5-7-13(12)16/h9-10,12-14,16-17H,3-8,11H2,1-2H3. The van der Waals surface area contributed by atoms with E-state index in [1.54, 1.807) is 0 Å². The van der Waals surface area contributed by atoms with Crippen molar-refractivity contribution in [2.24, 2.45) is 24.8 Å². The molecule has 0 spiro atoms. The number of nitrogens with zero attached hydrogens (tertiary/aromatic N) is 2. The van der Waals surface area contributed by atoms with Gasteiger partial charge >= 0.3 is 0 Å². The molecule has 1 N–H and O–H groups in total. The Morgan fingerprint density at radius 1 is 1.37 bits per heavy atom. The van der Waals surface area contributed by atoms with Crippen LogP contribution < -0.4 is 5.32 Å². The molecule has 3 heteroatoms. The smallest absolute Gasteiger partial charge is 0.109 e. The Morgan fingerprint density at radius 3 is 2.68 bits per heavy atom. The number of aromatic nitrogens is 2. The second-order valence-electron chi connectivity index (χ2n) is 6.41. The Balaban J connectivity index is 1.66. The monoisotopic (exact) mass is 261 g/mol. The molecule has 1 aromatic rings. The zero-order valence-electron chi connectivity index (χ0n) is 12.3. The molecule has 2 saturated carbocycles. The summed E-state index contributed by atoms with van der Waals surface area (Å²) >= 11 is 0. The number of hydrogen-bond acceptors (Lipinski definition) is 2. The topological polar surface area (TPSA) is 29.9 Å². The average molecular weight is 261 g/mol. The third-order valence-electron chi connectivity index (χ3n) is 5.17. The zero-order valence-corrected chi connectivity index (χ0v) is 12.3. The lowest BCUT2D eigenvalue weighted by Crippen LogP contribution is -2.35. The third-order valence-corrected chi connectivity index (χ3v) is 5.17. The number of nitrogens with one attached hydrogen (secondary N) is 1. The van der Waals surface area contributed by atoms with E-state index in [4.69, 9.17) is 0 Å². The van der Waals surface area contributed by atoms with Gasteiger partial charge < -0.3 is 9.88 Å². The molecule has 0 bridgehead atoms. The predicted octanol–water partition coefficient (Wildman–Crippen LogP) is 2.77. The SMILES string of the molecule is CCCNC(Cc1nccn1C)C1C2CCCCC21. The van der Waals surface area contributed by atoms with Crippen LogP contribution in [0.4, 0.5) is 0 Å². The largest absolute Gasteiger partial charge is 0.338 e. The van der Waals surface area contributed by atoms with Crippen LogP contribution in [0.5, 0.6) is 0 Å². The maximum atomic E-state index is 4.51. The molecule has 2 aliphatic rings. The van der Waals surface area contributed by atoms with Gasteiger partial charge in [0.1, 0.15) is 5.82 Å². The molecule has 0 radical (unpaired) electrons. The van der Waals surface area contributed by atoms with Crippen molar-refractivity contribution in [1.29, 1.82) is 0 Å². The van der Waals surface area contributed by atoms with Gasteiger partial charge in [0.25, 0.3) is 0 Å². The second kappa shape index (κ2) is 5.66. The molecule has 2 aliphatic carbocycles. The van der Waals surface area contributed by atoms with Gasteiger partial charge in [0.05, 0.1) is 0 Å². The summed E-state index contributed by atoms with van der Waals surface area (Å²) < 4.78 is 2.17. The lowest BCUT2D eigenvalue weighted by Gasteiger charge is -2.19. The van der Waals surface area contributed by atoms with Crippen molar-refractivity contribution in [3.05, 3.63) is 18.2 Å². The van der Waals surface area contributed by atoms with Crippen LogP contribution in [0, 0.1) is 17.8 Å².